The minimum absolute atomic E-state index is 0.0856. The lowest BCUT2D eigenvalue weighted by Crippen LogP contribution is -2.37. The van der Waals surface area contributed by atoms with Gasteiger partial charge in [-0.1, -0.05) is 63.6 Å². The molecule has 2 aliphatic heterocycles. The lowest BCUT2D eigenvalue weighted by Gasteiger charge is -2.24. The molecule has 2 heterocycles. The molecule has 0 aliphatic carbocycles. The Morgan fingerprint density at radius 3 is 2.75 bits per heavy atom. The molecule has 28 heavy (non-hydrogen) atoms. The first-order valence-corrected chi connectivity index (χ1v) is 12.4. The fourth-order valence-electron chi connectivity index (χ4n) is 3.64. The second kappa shape index (κ2) is 7.65. The van der Waals surface area contributed by atoms with Crippen LogP contribution in [0.5, 0.6) is 0 Å². The smallest absolute Gasteiger partial charge is 0.252 e. The highest BCUT2D eigenvalue weighted by Crippen LogP contribution is 2.41. The summed E-state index contributed by atoms with van der Waals surface area (Å²) < 4.78 is 25.2. The zero-order valence-electron chi connectivity index (χ0n) is 15.2. The summed E-state index contributed by atoms with van der Waals surface area (Å²) in [5.74, 6) is -0.0175. The lowest BCUT2D eigenvalue weighted by atomic mass is 10.1. The third-order valence-corrected chi connectivity index (χ3v) is 8.51. The van der Waals surface area contributed by atoms with E-state index < -0.39 is 9.84 Å². The molecule has 0 spiro atoms. The van der Waals surface area contributed by atoms with E-state index in [1.165, 1.54) is 11.8 Å². The predicted octanol–water partition coefficient (Wildman–Crippen LogP) is 3.60. The van der Waals surface area contributed by atoms with Gasteiger partial charge in [0.1, 0.15) is 0 Å². The van der Waals surface area contributed by atoms with Crippen LogP contribution in [-0.4, -0.2) is 42.3 Å². The van der Waals surface area contributed by atoms with Gasteiger partial charge in [0.25, 0.3) is 5.91 Å². The summed E-state index contributed by atoms with van der Waals surface area (Å²) in [6.45, 7) is 1.99. The van der Waals surface area contributed by atoms with Gasteiger partial charge in [0.15, 0.2) is 15.0 Å². The summed E-state index contributed by atoms with van der Waals surface area (Å²) in [5.41, 5.74) is 2.87. The SMILES string of the molecule is Cc1cccc(CC(=O)N=C2S[C@H]3CS(=O)(=O)C[C@@H]3N2c2cccc(Br)c2)c1. The van der Waals surface area contributed by atoms with Gasteiger partial charge in [-0.15, -0.1) is 0 Å². The van der Waals surface area contributed by atoms with Crippen molar-refractivity contribution < 1.29 is 13.2 Å². The number of rotatable bonds is 3. The number of amidine groups is 1. The van der Waals surface area contributed by atoms with Crippen LogP contribution in [0.25, 0.3) is 0 Å². The first-order chi connectivity index (χ1) is 13.3. The Labute approximate surface area is 177 Å². The third-order valence-electron chi connectivity index (χ3n) is 4.81. The summed E-state index contributed by atoms with van der Waals surface area (Å²) in [5, 5.41) is 0.482. The average Bonchev–Trinajstić information content (AvgIpc) is 3.05. The number of amides is 1. The number of thioether (sulfide) groups is 1. The standard InChI is InChI=1S/C20H19BrN2O3S2/c1-13-4-2-5-14(8-13)9-19(24)22-20-23(16-7-3-6-15(21)10-16)17-11-28(25,26)12-18(17)27-20/h2-8,10,17-18H,9,11-12H2,1H3/t17-,18-/m0/s1. The highest BCUT2D eigenvalue weighted by atomic mass is 79.9. The van der Waals surface area contributed by atoms with E-state index in [0.717, 1.165) is 21.3 Å². The third kappa shape index (κ3) is 4.18. The highest BCUT2D eigenvalue weighted by Gasteiger charge is 2.49. The van der Waals surface area contributed by atoms with E-state index in [0.29, 0.717) is 5.17 Å². The molecule has 0 N–H and O–H groups in total. The van der Waals surface area contributed by atoms with Crippen LogP contribution >= 0.6 is 27.7 Å². The van der Waals surface area contributed by atoms with Gasteiger partial charge in [-0.05, 0) is 30.7 Å². The van der Waals surface area contributed by atoms with Crippen LogP contribution in [-0.2, 0) is 21.1 Å². The zero-order valence-corrected chi connectivity index (χ0v) is 18.4. The van der Waals surface area contributed by atoms with Gasteiger partial charge in [-0.25, -0.2) is 8.42 Å². The Hall–Kier alpha value is -1.64. The quantitative estimate of drug-likeness (QED) is 0.673. The normalized spacial score (nSPS) is 24.5. The van der Waals surface area contributed by atoms with Crippen LogP contribution in [0.3, 0.4) is 0 Å². The monoisotopic (exact) mass is 478 g/mol. The predicted molar refractivity (Wildman–Crippen MR) is 118 cm³/mol. The van der Waals surface area contributed by atoms with E-state index in [4.69, 9.17) is 0 Å². The zero-order chi connectivity index (χ0) is 19.9. The fraction of sp³-hybridized carbons (Fsp3) is 0.300. The van der Waals surface area contributed by atoms with Crippen molar-refractivity contribution in [3.63, 3.8) is 0 Å². The molecule has 0 saturated carbocycles. The molecule has 2 aromatic carbocycles. The van der Waals surface area contributed by atoms with Crippen molar-refractivity contribution in [2.75, 3.05) is 16.4 Å². The maximum atomic E-state index is 12.6. The van der Waals surface area contributed by atoms with Gasteiger partial charge in [-0.3, -0.25) is 4.79 Å². The Bertz CT molecular complexity index is 1070. The Balaban J connectivity index is 1.65. The molecule has 146 valence electrons. The maximum Gasteiger partial charge on any atom is 0.252 e. The molecule has 2 aliphatic rings. The van der Waals surface area contributed by atoms with Gasteiger partial charge >= 0.3 is 0 Å². The first-order valence-electron chi connectivity index (χ1n) is 8.90. The van der Waals surface area contributed by atoms with Crippen LogP contribution in [0, 0.1) is 6.92 Å². The molecule has 0 aromatic heterocycles. The van der Waals surface area contributed by atoms with E-state index in [1.807, 2.05) is 60.4 Å². The molecule has 2 saturated heterocycles. The summed E-state index contributed by atoms with van der Waals surface area (Å²) in [6, 6.07) is 15.3. The van der Waals surface area contributed by atoms with Crippen LogP contribution in [0.1, 0.15) is 11.1 Å². The molecule has 8 heteroatoms. The largest absolute Gasteiger partial charge is 0.316 e. The fourth-order valence-corrected chi connectivity index (χ4v) is 7.95. The number of aryl methyl sites for hydroxylation is 1. The number of benzene rings is 2. The number of hydrogen-bond donors (Lipinski definition) is 0. The first kappa shape index (κ1) is 19.7. The molecular formula is C20H19BrN2O3S2. The topological polar surface area (TPSA) is 66.8 Å². The number of halogens is 1. The van der Waals surface area contributed by atoms with Gasteiger partial charge in [0, 0.05) is 15.4 Å². The van der Waals surface area contributed by atoms with Gasteiger partial charge in [0.05, 0.1) is 24.0 Å². The summed E-state index contributed by atoms with van der Waals surface area (Å²) in [4.78, 5) is 18.9. The summed E-state index contributed by atoms with van der Waals surface area (Å²) in [7, 11) is -3.08. The molecule has 0 bridgehead atoms. The van der Waals surface area contributed by atoms with Crippen molar-refractivity contribution in [1.82, 2.24) is 0 Å². The van der Waals surface area contributed by atoms with Gasteiger partial charge in [-0.2, -0.15) is 4.99 Å². The van der Waals surface area contributed by atoms with Gasteiger partial charge < -0.3 is 4.90 Å². The number of sulfone groups is 1. The number of fused-ring (bicyclic) bond motifs is 1. The van der Waals surface area contributed by atoms with E-state index in [-0.39, 0.29) is 35.1 Å². The van der Waals surface area contributed by atoms with E-state index in [1.54, 1.807) is 0 Å². The molecule has 2 fully saturated rings. The van der Waals surface area contributed by atoms with Crippen LogP contribution in [0.4, 0.5) is 5.69 Å². The Morgan fingerprint density at radius 1 is 1.21 bits per heavy atom. The number of nitrogens with zero attached hydrogens (tertiary/aromatic N) is 2. The molecule has 1 amide bonds. The Morgan fingerprint density at radius 2 is 2.00 bits per heavy atom. The maximum absolute atomic E-state index is 12.6. The van der Waals surface area contributed by atoms with Crippen molar-refractivity contribution in [3.05, 3.63) is 64.1 Å². The van der Waals surface area contributed by atoms with Crippen molar-refractivity contribution in [1.29, 1.82) is 0 Å². The number of carbonyl (C=O) groups is 1. The van der Waals surface area contributed by atoms with Gasteiger partial charge in [0.2, 0.25) is 0 Å². The molecule has 5 nitrogen and oxygen atoms in total. The molecule has 4 rings (SSSR count). The van der Waals surface area contributed by atoms with Crippen LogP contribution in [0.2, 0.25) is 0 Å². The average molecular weight is 479 g/mol. The van der Waals surface area contributed by atoms with E-state index in [9.17, 15) is 13.2 Å². The van der Waals surface area contributed by atoms with Crippen LogP contribution < -0.4 is 4.90 Å². The van der Waals surface area contributed by atoms with Crippen molar-refractivity contribution in [2.45, 2.75) is 24.6 Å². The minimum atomic E-state index is -3.08. The Kier molecular flexibility index (Phi) is 5.37. The highest BCUT2D eigenvalue weighted by molar-refractivity contribution is 9.10. The molecule has 2 atom stereocenters. The van der Waals surface area contributed by atoms with E-state index >= 15 is 0 Å². The van der Waals surface area contributed by atoms with Crippen molar-refractivity contribution in [3.8, 4) is 0 Å². The van der Waals surface area contributed by atoms with Crippen molar-refractivity contribution in [2.24, 2.45) is 4.99 Å². The second-order valence-corrected chi connectivity index (χ2v) is 11.4. The summed E-state index contributed by atoms with van der Waals surface area (Å²) in [6.07, 6.45) is 0.228. The molecule has 0 unspecified atom stereocenters. The molecule has 2 aromatic rings. The van der Waals surface area contributed by atoms with Crippen LogP contribution in [0.15, 0.2) is 58.0 Å². The van der Waals surface area contributed by atoms with Crippen molar-refractivity contribution >= 4 is 54.3 Å². The number of carbonyl (C=O) groups excluding carboxylic acids is 1. The number of anilines is 1. The summed E-state index contributed by atoms with van der Waals surface area (Å²) >= 11 is 4.86. The number of hydrogen-bond acceptors (Lipinski definition) is 4. The molecular weight excluding hydrogens is 460 g/mol. The molecule has 0 radical (unpaired) electrons. The number of aliphatic imine (C=N–C) groups is 1. The minimum Gasteiger partial charge on any atom is -0.316 e. The van der Waals surface area contributed by atoms with E-state index in [2.05, 4.69) is 20.9 Å². The lowest BCUT2D eigenvalue weighted by molar-refractivity contribution is -0.117. The second-order valence-electron chi connectivity index (χ2n) is 7.10.